The fourth-order valence-electron chi connectivity index (χ4n) is 4.33. The van der Waals surface area contributed by atoms with E-state index in [1.54, 1.807) is 9.58 Å². The van der Waals surface area contributed by atoms with Crippen LogP contribution in [0.3, 0.4) is 0 Å². The number of aromatic nitrogens is 2. The molecular formula is C18H28N6O4S. The van der Waals surface area contributed by atoms with Crippen LogP contribution in [0.15, 0.2) is 12.3 Å². The van der Waals surface area contributed by atoms with Gasteiger partial charge in [-0.1, -0.05) is 0 Å². The molecule has 0 spiro atoms. The van der Waals surface area contributed by atoms with Crippen molar-refractivity contribution in [3.63, 3.8) is 0 Å². The maximum Gasteiger partial charge on any atom is 0.242 e. The molecule has 1 aliphatic carbocycles. The molecule has 2 N–H and O–H groups in total. The second-order valence-corrected chi connectivity index (χ2v) is 10.2. The maximum atomic E-state index is 13.3. The van der Waals surface area contributed by atoms with Crippen LogP contribution in [0.25, 0.3) is 0 Å². The van der Waals surface area contributed by atoms with E-state index in [2.05, 4.69) is 20.0 Å². The van der Waals surface area contributed by atoms with E-state index < -0.39 is 16.1 Å². The minimum Gasteiger partial charge on any atom is -0.354 e. The molecule has 160 valence electrons. The van der Waals surface area contributed by atoms with Crippen LogP contribution in [0, 0.1) is 5.92 Å². The first-order chi connectivity index (χ1) is 13.7. The van der Waals surface area contributed by atoms with E-state index in [9.17, 15) is 18.0 Å². The lowest BCUT2D eigenvalue weighted by Crippen LogP contribution is -2.62. The first-order valence-corrected chi connectivity index (χ1v) is 11.9. The minimum absolute atomic E-state index is 0.00995. The van der Waals surface area contributed by atoms with Crippen LogP contribution >= 0.6 is 0 Å². The molecule has 3 atom stereocenters. The number of sulfonamides is 1. The van der Waals surface area contributed by atoms with Crippen LogP contribution in [0.2, 0.25) is 0 Å². The number of nitrogens with zero attached hydrogens (tertiary/aromatic N) is 4. The van der Waals surface area contributed by atoms with Crippen molar-refractivity contribution in [3.05, 3.63) is 18.0 Å². The Morgan fingerprint density at radius 3 is 2.69 bits per heavy atom. The molecule has 0 bridgehead atoms. The molecule has 4 rings (SSSR count). The van der Waals surface area contributed by atoms with Gasteiger partial charge in [-0.3, -0.25) is 19.2 Å². The standard InChI is InChI=1S/C18H28N6O4S/c1-22-6-5-13(20-22)9-23-11-15-7-14(21-29(2,27)28)10-24(15)18(26)16(23)8-19-17(25)12-3-4-12/h5-6,12,14-16,21H,3-4,7-11H2,1-2H3,(H,19,25)/t14-,15-,16-/m0/s1. The second kappa shape index (κ2) is 7.69. The topological polar surface area (TPSA) is 117 Å². The largest absolute Gasteiger partial charge is 0.354 e. The number of hydrogen-bond donors (Lipinski definition) is 2. The lowest BCUT2D eigenvalue weighted by Gasteiger charge is -2.42. The summed E-state index contributed by atoms with van der Waals surface area (Å²) in [5, 5.41) is 7.35. The van der Waals surface area contributed by atoms with E-state index in [1.807, 2.05) is 19.3 Å². The summed E-state index contributed by atoms with van der Waals surface area (Å²) in [6, 6.07) is 1.10. The molecule has 29 heavy (non-hydrogen) atoms. The van der Waals surface area contributed by atoms with Crippen LogP contribution < -0.4 is 10.0 Å². The molecule has 10 nitrogen and oxygen atoms in total. The fourth-order valence-corrected chi connectivity index (χ4v) is 5.10. The number of aryl methyl sites for hydroxylation is 1. The SMILES string of the molecule is Cn1ccc(CN2C[C@@H]3C[C@H](NS(C)(=O)=O)CN3C(=O)[C@@H]2CNC(=O)C2CC2)n1. The molecule has 0 aromatic carbocycles. The lowest BCUT2D eigenvalue weighted by molar-refractivity contribution is -0.144. The molecule has 0 radical (unpaired) electrons. The zero-order valence-corrected chi connectivity index (χ0v) is 17.6. The van der Waals surface area contributed by atoms with E-state index in [0.717, 1.165) is 24.8 Å². The molecule has 1 aromatic rings. The van der Waals surface area contributed by atoms with Gasteiger partial charge in [-0.05, 0) is 25.3 Å². The molecule has 3 aliphatic rings. The van der Waals surface area contributed by atoms with Crippen molar-refractivity contribution in [3.8, 4) is 0 Å². The summed E-state index contributed by atoms with van der Waals surface area (Å²) in [4.78, 5) is 29.2. The molecule has 2 aliphatic heterocycles. The zero-order valence-electron chi connectivity index (χ0n) is 16.7. The molecule has 2 saturated heterocycles. The first kappa shape index (κ1) is 20.3. The zero-order chi connectivity index (χ0) is 20.8. The Morgan fingerprint density at radius 2 is 2.07 bits per heavy atom. The molecule has 1 aromatic heterocycles. The van der Waals surface area contributed by atoms with E-state index in [1.165, 1.54) is 0 Å². The quantitative estimate of drug-likeness (QED) is 0.559. The average molecular weight is 425 g/mol. The van der Waals surface area contributed by atoms with Crippen molar-refractivity contribution < 1.29 is 18.0 Å². The van der Waals surface area contributed by atoms with Gasteiger partial charge in [0, 0.05) is 57.4 Å². The van der Waals surface area contributed by atoms with Crippen molar-refractivity contribution in [1.29, 1.82) is 0 Å². The van der Waals surface area contributed by atoms with E-state index in [0.29, 0.717) is 26.1 Å². The van der Waals surface area contributed by atoms with Gasteiger partial charge < -0.3 is 10.2 Å². The van der Waals surface area contributed by atoms with Crippen LogP contribution in [0.1, 0.15) is 25.0 Å². The number of rotatable bonds is 7. The summed E-state index contributed by atoms with van der Waals surface area (Å²) < 4.78 is 27.6. The van der Waals surface area contributed by atoms with E-state index in [-0.39, 0.29) is 36.4 Å². The van der Waals surface area contributed by atoms with Crippen molar-refractivity contribution in [2.24, 2.45) is 13.0 Å². The van der Waals surface area contributed by atoms with Gasteiger partial charge in [0.25, 0.3) is 0 Å². The Morgan fingerprint density at radius 1 is 1.31 bits per heavy atom. The van der Waals surface area contributed by atoms with Gasteiger partial charge in [0.1, 0.15) is 6.04 Å². The van der Waals surface area contributed by atoms with Gasteiger partial charge in [0.05, 0.1) is 11.9 Å². The van der Waals surface area contributed by atoms with Crippen molar-refractivity contribution in [1.82, 2.24) is 29.6 Å². The number of piperazine rings is 1. The highest BCUT2D eigenvalue weighted by molar-refractivity contribution is 7.88. The average Bonchev–Trinajstić information content (AvgIpc) is 3.29. The number of fused-ring (bicyclic) bond motifs is 1. The Hall–Kier alpha value is -1.98. The smallest absolute Gasteiger partial charge is 0.242 e. The second-order valence-electron chi connectivity index (χ2n) is 8.41. The van der Waals surface area contributed by atoms with Crippen molar-refractivity contribution >= 4 is 21.8 Å². The van der Waals surface area contributed by atoms with Gasteiger partial charge >= 0.3 is 0 Å². The van der Waals surface area contributed by atoms with Gasteiger partial charge in [-0.25, -0.2) is 13.1 Å². The third kappa shape index (κ3) is 4.78. The van der Waals surface area contributed by atoms with Gasteiger partial charge in [-0.15, -0.1) is 0 Å². The highest BCUT2D eigenvalue weighted by Crippen LogP contribution is 2.30. The van der Waals surface area contributed by atoms with Crippen LogP contribution in [0.5, 0.6) is 0 Å². The Balaban J connectivity index is 1.49. The summed E-state index contributed by atoms with van der Waals surface area (Å²) in [5.74, 6) is 0.0302. The number of carbonyl (C=O) groups excluding carboxylic acids is 2. The van der Waals surface area contributed by atoms with Gasteiger partial charge in [-0.2, -0.15) is 5.10 Å². The molecule has 3 heterocycles. The summed E-state index contributed by atoms with van der Waals surface area (Å²) in [7, 11) is -1.49. The highest BCUT2D eigenvalue weighted by Gasteiger charge is 2.46. The summed E-state index contributed by atoms with van der Waals surface area (Å²) >= 11 is 0. The molecule has 0 unspecified atom stereocenters. The normalized spacial score (nSPS) is 27.9. The Labute approximate surface area is 170 Å². The molecule has 11 heteroatoms. The van der Waals surface area contributed by atoms with E-state index in [4.69, 9.17) is 0 Å². The predicted molar refractivity (Wildman–Crippen MR) is 105 cm³/mol. The molecular weight excluding hydrogens is 396 g/mol. The van der Waals surface area contributed by atoms with Gasteiger partial charge in [0.2, 0.25) is 21.8 Å². The van der Waals surface area contributed by atoms with Crippen LogP contribution in [-0.2, 0) is 33.2 Å². The highest BCUT2D eigenvalue weighted by atomic mass is 32.2. The fraction of sp³-hybridized carbons (Fsp3) is 0.722. The van der Waals surface area contributed by atoms with Crippen LogP contribution in [0.4, 0.5) is 0 Å². The van der Waals surface area contributed by atoms with E-state index >= 15 is 0 Å². The molecule has 1 saturated carbocycles. The van der Waals surface area contributed by atoms with Crippen LogP contribution in [-0.4, -0.2) is 83.8 Å². The molecule has 3 fully saturated rings. The third-order valence-electron chi connectivity index (χ3n) is 5.80. The third-order valence-corrected chi connectivity index (χ3v) is 6.56. The minimum atomic E-state index is -3.34. The Kier molecular flexibility index (Phi) is 5.38. The first-order valence-electron chi connectivity index (χ1n) is 9.97. The monoisotopic (exact) mass is 424 g/mol. The van der Waals surface area contributed by atoms with Crippen molar-refractivity contribution in [2.45, 2.75) is 43.9 Å². The number of nitrogens with one attached hydrogen (secondary N) is 2. The van der Waals surface area contributed by atoms with Crippen molar-refractivity contribution in [2.75, 3.05) is 25.9 Å². The molecule has 2 amide bonds. The number of hydrogen-bond acceptors (Lipinski definition) is 6. The summed E-state index contributed by atoms with van der Waals surface area (Å²) in [5.41, 5.74) is 0.857. The van der Waals surface area contributed by atoms with Gasteiger partial charge in [0.15, 0.2) is 0 Å². The predicted octanol–water partition coefficient (Wildman–Crippen LogP) is -1.35. The summed E-state index contributed by atoms with van der Waals surface area (Å²) in [6.07, 6.45) is 5.40. The lowest BCUT2D eigenvalue weighted by atomic mass is 10.0. The Bertz CT molecular complexity index is 896. The summed E-state index contributed by atoms with van der Waals surface area (Å²) in [6.45, 7) is 1.74. The maximum absolute atomic E-state index is 13.3. The number of carbonyl (C=O) groups is 2. The number of amides is 2.